The predicted molar refractivity (Wildman–Crippen MR) is 84.2 cm³/mol. The van der Waals surface area contributed by atoms with Crippen LogP contribution in [0.5, 0.6) is 0 Å². The van der Waals surface area contributed by atoms with Crippen LogP contribution >= 0.6 is 11.6 Å². The molecule has 3 nitrogen and oxygen atoms in total. The van der Waals surface area contributed by atoms with Crippen LogP contribution in [-0.4, -0.2) is 10.2 Å². The second-order valence-electron chi connectivity index (χ2n) is 4.80. The average Bonchev–Trinajstić information content (AvgIpc) is 2.95. The topological polar surface area (TPSA) is 40.7 Å². The van der Waals surface area contributed by atoms with Gasteiger partial charge in [-0.2, -0.15) is 5.10 Å². The van der Waals surface area contributed by atoms with Crippen LogP contribution < -0.4 is 5.32 Å². The lowest BCUT2D eigenvalue weighted by molar-refractivity contribution is 0.750. The van der Waals surface area contributed by atoms with Crippen molar-refractivity contribution in [1.29, 1.82) is 0 Å². The Hall–Kier alpha value is -2.00. The second-order valence-corrected chi connectivity index (χ2v) is 5.23. The molecule has 0 aliphatic rings. The van der Waals surface area contributed by atoms with Crippen LogP contribution in [0.25, 0.3) is 10.9 Å². The summed E-state index contributed by atoms with van der Waals surface area (Å²) in [5, 5.41) is 12.6. The summed E-state index contributed by atoms with van der Waals surface area (Å²) in [5.74, 6) is 0. The Balaban J connectivity index is 1.91. The quantitative estimate of drug-likeness (QED) is 0.724. The number of halogens is 1. The minimum atomic E-state index is 0.251. The van der Waals surface area contributed by atoms with Crippen molar-refractivity contribution >= 4 is 28.2 Å². The largest absolute Gasteiger partial charge is 0.377 e. The Morgan fingerprint density at radius 3 is 2.75 bits per heavy atom. The van der Waals surface area contributed by atoms with Crippen LogP contribution in [-0.2, 0) is 0 Å². The van der Waals surface area contributed by atoms with Crippen molar-refractivity contribution in [2.75, 3.05) is 5.32 Å². The molecule has 4 heteroatoms. The highest BCUT2D eigenvalue weighted by Gasteiger charge is 2.11. The van der Waals surface area contributed by atoms with Crippen molar-refractivity contribution in [3.63, 3.8) is 0 Å². The monoisotopic (exact) mass is 285 g/mol. The molecule has 0 saturated heterocycles. The molecule has 0 aliphatic carbocycles. The van der Waals surface area contributed by atoms with E-state index in [1.807, 2.05) is 30.5 Å². The van der Waals surface area contributed by atoms with E-state index in [0.717, 1.165) is 28.0 Å². The summed E-state index contributed by atoms with van der Waals surface area (Å²) in [6.45, 7) is 2.17. The number of hydrogen-bond donors (Lipinski definition) is 2. The van der Waals surface area contributed by atoms with Crippen LogP contribution in [0.1, 0.15) is 24.9 Å². The molecule has 2 N–H and O–H groups in total. The smallest absolute Gasteiger partial charge is 0.0881 e. The lowest BCUT2D eigenvalue weighted by atomic mass is 10.0. The third kappa shape index (κ3) is 2.49. The molecule has 2 aromatic carbocycles. The fourth-order valence-electron chi connectivity index (χ4n) is 2.39. The fourth-order valence-corrected chi connectivity index (χ4v) is 2.52. The standard InChI is InChI=1S/C16H16ClN3/c1-2-14(11-6-8-13(17)9-7-11)19-15-5-3-4-12-10-18-20-16(12)15/h3-10,14,19H,2H2,1H3,(H,18,20). The number of nitrogens with one attached hydrogen (secondary N) is 2. The summed E-state index contributed by atoms with van der Waals surface area (Å²) in [6.07, 6.45) is 2.83. The van der Waals surface area contributed by atoms with E-state index in [-0.39, 0.29) is 6.04 Å². The Labute approximate surface area is 123 Å². The van der Waals surface area contributed by atoms with Gasteiger partial charge in [0.05, 0.1) is 23.4 Å². The molecule has 3 rings (SSSR count). The zero-order valence-electron chi connectivity index (χ0n) is 11.2. The van der Waals surface area contributed by atoms with Crippen LogP contribution in [0.15, 0.2) is 48.7 Å². The minimum Gasteiger partial charge on any atom is -0.377 e. The normalized spacial score (nSPS) is 12.5. The van der Waals surface area contributed by atoms with Gasteiger partial charge in [-0.1, -0.05) is 42.8 Å². The Bertz CT molecular complexity index is 703. The molecule has 102 valence electrons. The van der Waals surface area contributed by atoms with E-state index in [9.17, 15) is 0 Å². The summed E-state index contributed by atoms with van der Waals surface area (Å²) < 4.78 is 0. The van der Waals surface area contributed by atoms with E-state index in [2.05, 4.69) is 40.6 Å². The molecule has 0 radical (unpaired) electrons. The van der Waals surface area contributed by atoms with Gasteiger partial charge in [0, 0.05) is 10.4 Å². The number of aromatic amines is 1. The number of benzene rings is 2. The zero-order valence-corrected chi connectivity index (χ0v) is 12.0. The molecule has 0 bridgehead atoms. The second kappa shape index (κ2) is 5.55. The highest BCUT2D eigenvalue weighted by Crippen LogP contribution is 2.27. The lowest BCUT2D eigenvalue weighted by Crippen LogP contribution is -2.09. The van der Waals surface area contributed by atoms with Gasteiger partial charge < -0.3 is 5.32 Å². The lowest BCUT2D eigenvalue weighted by Gasteiger charge is -2.19. The highest BCUT2D eigenvalue weighted by atomic mass is 35.5. The minimum absolute atomic E-state index is 0.251. The number of para-hydroxylation sites is 1. The third-order valence-electron chi connectivity index (χ3n) is 3.49. The summed E-state index contributed by atoms with van der Waals surface area (Å²) in [5.41, 5.74) is 3.34. The molecule has 3 aromatic rings. The van der Waals surface area contributed by atoms with Crippen LogP contribution in [0.4, 0.5) is 5.69 Å². The van der Waals surface area contributed by atoms with E-state index in [4.69, 9.17) is 11.6 Å². The summed E-state index contributed by atoms with van der Waals surface area (Å²) in [6, 6.07) is 14.4. The van der Waals surface area contributed by atoms with Gasteiger partial charge in [0.2, 0.25) is 0 Å². The summed E-state index contributed by atoms with van der Waals surface area (Å²) in [7, 11) is 0. The maximum atomic E-state index is 5.95. The SMILES string of the molecule is CCC(Nc1cccc2cn[nH]c12)c1ccc(Cl)cc1. The van der Waals surface area contributed by atoms with Gasteiger partial charge in [0.15, 0.2) is 0 Å². The number of H-pyrrole nitrogens is 1. The maximum Gasteiger partial charge on any atom is 0.0881 e. The van der Waals surface area contributed by atoms with Gasteiger partial charge in [-0.3, -0.25) is 5.10 Å². The first-order valence-corrected chi connectivity index (χ1v) is 7.10. The molecule has 0 fully saturated rings. The van der Waals surface area contributed by atoms with Gasteiger partial charge in [-0.15, -0.1) is 0 Å². The van der Waals surface area contributed by atoms with Gasteiger partial charge in [0.25, 0.3) is 0 Å². The number of hydrogen-bond acceptors (Lipinski definition) is 2. The number of fused-ring (bicyclic) bond motifs is 1. The Kier molecular flexibility index (Phi) is 3.61. The Morgan fingerprint density at radius 1 is 1.20 bits per heavy atom. The van der Waals surface area contributed by atoms with Gasteiger partial charge >= 0.3 is 0 Å². The van der Waals surface area contributed by atoms with E-state index >= 15 is 0 Å². The van der Waals surface area contributed by atoms with E-state index in [1.165, 1.54) is 5.56 Å². The molecule has 0 aliphatic heterocycles. The third-order valence-corrected chi connectivity index (χ3v) is 3.74. The van der Waals surface area contributed by atoms with Crippen molar-refractivity contribution in [3.05, 3.63) is 59.2 Å². The first kappa shape index (κ1) is 13.0. The first-order valence-electron chi connectivity index (χ1n) is 6.72. The van der Waals surface area contributed by atoms with Crippen molar-refractivity contribution in [2.45, 2.75) is 19.4 Å². The number of rotatable bonds is 4. The maximum absolute atomic E-state index is 5.95. The molecular weight excluding hydrogens is 270 g/mol. The van der Waals surface area contributed by atoms with Gasteiger partial charge in [-0.05, 0) is 30.2 Å². The van der Waals surface area contributed by atoms with Crippen LogP contribution in [0, 0.1) is 0 Å². The highest BCUT2D eigenvalue weighted by molar-refractivity contribution is 6.30. The molecule has 1 heterocycles. The number of anilines is 1. The fraction of sp³-hybridized carbons (Fsp3) is 0.188. The summed E-state index contributed by atoms with van der Waals surface area (Å²) >= 11 is 5.95. The van der Waals surface area contributed by atoms with Gasteiger partial charge in [0.1, 0.15) is 0 Å². The molecule has 0 amide bonds. The van der Waals surface area contributed by atoms with Crippen molar-refractivity contribution in [2.24, 2.45) is 0 Å². The molecule has 20 heavy (non-hydrogen) atoms. The zero-order chi connectivity index (χ0) is 13.9. The van der Waals surface area contributed by atoms with Crippen molar-refractivity contribution in [3.8, 4) is 0 Å². The molecular formula is C16H16ClN3. The molecule has 0 spiro atoms. The average molecular weight is 286 g/mol. The molecule has 1 atom stereocenters. The van der Waals surface area contributed by atoms with E-state index in [1.54, 1.807) is 0 Å². The molecule has 1 aromatic heterocycles. The molecule has 1 unspecified atom stereocenters. The van der Waals surface area contributed by atoms with Gasteiger partial charge in [-0.25, -0.2) is 0 Å². The van der Waals surface area contributed by atoms with Crippen LogP contribution in [0.3, 0.4) is 0 Å². The first-order chi connectivity index (χ1) is 9.78. The number of nitrogens with zero attached hydrogens (tertiary/aromatic N) is 1. The van der Waals surface area contributed by atoms with E-state index < -0.39 is 0 Å². The van der Waals surface area contributed by atoms with Crippen LogP contribution in [0.2, 0.25) is 5.02 Å². The number of aromatic nitrogens is 2. The predicted octanol–water partition coefficient (Wildman–Crippen LogP) is 4.78. The van der Waals surface area contributed by atoms with E-state index in [0.29, 0.717) is 0 Å². The van der Waals surface area contributed by atoms with Crippen molar-refractivity contribution in [1.82, 2.24) is 10.2 Å². The molecule has 0 saturated carbocycles. The Morgan fingerprint density at radius 2 is 2.00 bits per heavy atom. The summed E-state index contributed by atoms with van der Waals surface area (Å²) in [4.78, 5) is 0. The van der Waals surface area contributed by atoms with Crippen molar-refractivity contribution < 1.29 is 0 Å².